The van der Waals surface area contributed by atoms with Crippen molar-refractivity contribution in [2.45, 2.75) is 52.1 Å². The van der Waals surface area contributed by atoms with Crippen molar-refractivity contribution in [3.05, 3.63) is 47.6 Å². The van der Waals surface area contributed by atoms with Gasteiger partial charge in [-0.05, 0) is 31.4 Å². The molecule has 0 radical (unpaired) electrons. The highest BCUT2D eigenvalue weighted by atomic mass is 16.5. The van der Waals surface area contributed by atoms with E-state index in [0.29, 0.717) is 18.9 Å². The van der Waals surface area contributed by atoms with Gasteiger partial charge in [0.05, 0.1) is 6.54 Å². The molecule has 6 nitrogen and oxygen atoms in total. The quantitative estimate of drug-likeness (QED) is 0.812. The van der Waals surface area contributed by atoms with Gasteiger partial charge < -0.3 is 9.42 Å². The summed E-state index contributed by atoms with van der Waals surface area (Å²) in [6.45, 7) is 6.38. The van der Waals surface area contributed by atoms with Gasteiger partial charge in [0.1, 0.15) is 0 Å². The number of aromatic nitrogens is 2. The van der Waals surface area contributed by atoms with Crippen LogP contribution in [0.15, 0.2) is 34.9 Å². The minimum Gasteiger partial charge on any atom is -0.339 e. The van der Waals surface area contributed by atoms with Crippen molar-refractivity contribution in [1.82, 2.24) is 19.9 Å². The summed E-state index contributed by atoms with van der Waals surface area (Å²) in [6.07, 6.45) is 4.76. The van der Waals surface area contributed by atoms with Crippen molar-refractivity contribution >= 4 is 5.91 Å². The van der Waals surface area contributed by atoms with Gasteiger partial charge in [-0.25, -0.2) is 0 Å². The number of carbonyl (C=O) groups is 1. The number of hydrogen-bond acceptors (Lipinski definition) is 5. The van der Waals surface area contributed by atoms with Crippen molar-refractivity contribution in [1.29, 1.82) is 0 Å². The minimum absolute atomic E-state index is 0.193. The SMILES string of the molecule is CCc1nc(CN2CCCC3(CCC(=O)N(Cc4ccccc4)C3)C2)no1. The number of carbonyl (C=O) groups excluding carboxylic acids is 1. The van der Waals surface area contributed by atoms with E-state index in [2.05, 4.69) is 32.1 Å². The number of benzene rings is 1. The van der Waals surface area contributed by atoms with Crippen LogP contribution in [0.5, 0.6) is 0 Å². The number of piperidine rings is 2. The third kappa shape index (κ3) is 4.21. The van der Waals surface area contributed by atoms with E-state index in [0.717, 1.165) is 51.3 Å². The lowest BCUT2D eigenvalue weighted by Crippen LogP contribution is -2.53. The summed E-state index contributed by atoms with van der Waals surface area (Å²) < 4.78 is 5.25. The lowest BCUT2D eigenvalue weighted by atomic mass is 9.73. The molecule has 6 heteroatoms. The molecule has 2 saturated heterocycles. The highest BCUT2D eigenvalue weighted by Crippen LogP contribution is 2.39. The van der Waals surface area contributed by atoms with Crippen LogP contribution in [0, 0.1) is 5.41 Å². The second-order valence-corrected chi connectivity index (χ2v) is 8.01. The van der Waals surface area contributed by atoms with Crippen LogP contribution in [0.1, 0.15) is 49.9 Å². The molecule has 3 heterocycles. The highest BCUT2D eigenvalue weighted by molar-refractivity contribution is 5.77. The van der Waals surface area contributed by atoms with Crippen LogP contribution in [0.3, 0.4) is 0 Å². The van der Waals surface area contributed by atoms with Crippen LogP contribution in [0.25, 0.3) is 0 Å². The van der Waals surface area contributed by atoms with Gasteiger partial charge in [0.15, 0.2) is 5.82 Å². The lowest BCUT2D eigenvalue weighted by molar-refractivity contribution is -0.140. The van der Waals surface area contributed by atoms with E-state index in [9.17, 15) is 4.79 Å². The Morgan fingerprint density at radius 1 is 1.15 bits per heavy atom. The van der Waals surface area contributed by atoms with E-state index in [4.69, 9.17) is 4.52 Å². The molecule has 1 atom stereocenters. The fraction of sp³-hybridized carbons (Fsp3) is 0.571. The summed E-state index contributed by atoms with van der Waals surface area (Å²) in [5.74, 6) is 1.76. The zero-order valence-electron chi connectivity index (χ0n) is 16.1. The first-order chi connectivity index (χ1) is 13.2. The van der Waals surface area contributed by atoms with E-state index < -0.39 is 0 Å². The van der Waals surface area contributed by atoms with Crippen LogP contribution in [-0.4, -0.2) is 45.5 Å². The van der Waals surface area contributed by atoms with E-state index in [1.54, 1.807) is 0 Å². The smallest absolute Gasteiger partial charge is 0.226 e. The maximum Gasteiger partial charge on any atom is 0.226 e. The molecule has 2 aliphatic heterocycles. The second-order valence-electron chi connectivity index (χ2n) is 8.01. The van der Waals surface area contributed by atoms with Crippen LogP contribution < -0.4 is 0 Å². The molecular weight excluding hydrogens is 340 g/mol. The third-order valence-electron chi connectivity index (χ3n) is 5.88. The molecule has 27 heavy (non-hydrogen) atoms. The van der Waals surface area contributed by atoms with Crippen molar-refractivity contribution in [2.75, 3.05) is 19.6 Å². The molecule has 4 rings (SSSR count). The predicted molar refractivity (Wildman–Crippen MR) is 102 cm³/mol. The van der Waals surface area contributed by atoms with Gasteiger partial charge in [-0.15, -0.1) is 0 Å². The van der Waals surface area contributed by atoms with Gasteiger partial charge in [0.2, 0.25) is 11.8 Å². The Kier molecular flexibility index (Phi) is 5.25. The summed E-state index contributed by atoms with van der Waals surface area (Å²) in [6, 6.07) is 10.3. The number of hydrogen-bond donors (Lipinski definition) is 0. The molecule has 0 aliphatic carbocycles. The average molecular weight is 368 g/mol. The molecule has 0 bridgehead atoms. The number of likely N-dealkylation sites (tertiary alicyclic amines) is 2. The maximum absolute atomic E-state index is 12.5. The van der Waals surface area contributed by atoms with Crippen LogP contribution in [0.2, 0.25) is 0 Å². The van der Waals surface area contributed by atoms with Crippen LogP contribution in [0.4, 0.5) is 0 Å². The molecule has 1 unspecified atom stereocenters. The standard InChI is InChI=1S/C21H28N4O2/c1-2-19-22-18(23-27-19)14-24-12-6-10-21(15-24)11-9-20(26)25(16-21)13-17-7-4-3-5-8-17/h3-5,7-8H,2,6,9-16H2,1H3. The van der Waals surface area contributed by atoms with Crippen LogP contribution in [-0.2, 0) is 24.3 Å². The van der Waals surface area contributed by atoms with Gasteiger partial charge in [-0.3, -0.25) is 9.69 Å². The zero-order valence-corrected chi connectivity index (χ0v) is 16.1. The maximum atomic E-state index is 12.5. The predicted octanol–water partition coefficient (Wildman–Crippen LogP) is 3.04. The molecule has 0 saturated carbocycles. The number of amides is 1. The van der Waals surface area contributed by atoms with E-state index in [1.165, 1.54) is 12.0 Å². The van der Waals surface area contributed by atoms with Gasteiger partial charge in [-0.1, -0.05) is 42.4 Å². The molecular formula is C21H28N4O2. The van der Waals surface area contributed by atoms with Crippen molar-refractivity contribution in [3.8, 4) is 0 Å². The van der Waals surface area contributed by atoms with E-state index in [1.807, 2.05) is 25.1 Å². The molecule has 1 spiro atoms. The zero-order chi connectivity index (χ0) is 18.7. The molecule has 1 amide bonds. The summed E-state index contributed by atoms with van der Waals surface area (Å²) in [5.41, 5.74) is 1.40. The molecule has 1 aromatic heterocycles. The fourth-order valence-corrected chi connectivity index (χ4v) is 4.53. The number of nitrogens with zero attached hydrogens (tertiary/aromatic N) is 4. The Bertz CT molecular complexity index is 775. The van der Waals surface area contributed by atoms with Crippen molar-refractivity contribution in [3.63, 3.8) is 0 Å². The first kappa shape index (κ1) is 18.2. The van der Waals surface area contributed by atoms with Crippen molar-refractivity contribution < 1.29 is 9.32 Å². The first-order valence-electron chi connectivity index (χ1n) is 10.0. The Balaban J connectivity index is 1.42. The molecule has 2 aromatic rings. The van der Waals surface area contributed by atoms with Gasteiger partial charge >= 0.3 is 0 Å². The summed E-state index contributed by atoms with van der Waals surface area (Å²) in [4.78, 5) is 21.5. The number of aryl methyl sites for hydroxylation is 1. The lowest BCUT2D eigenvalue weighted by Gasteiger charge is -2.48. The Labute approximate surface area is 160 Å². The third-order valence-corrected chi connectivity index (χ3v) is 5.88. The minimum atomic E-state index is 0.193. The van der Waals surface area contributed by atoms with Gasteiger partial charge in [0, 0.05) is 37.9 Å². The van der Waals surface area contributed by atoms with E-state index >= 15 is 0 Å². The van der Waals surface area contributed by atoms with Crippen LogP contribution >= 0.6 is 0 Å². The Morgan fingerprint density at radius 3 is 2.78 bits per heavy atom. The summed E-state index contributed by atoms with van der Waals surface area (Å²) >= 11 is 0. The Morgan fingerprint density at radius 2 is 2.00 bits per heavy atom. The second kappa shape index (κ2) is 7.80. The Hall–Kier alpha value is -2.21. The van der Waals surface area contributed by atoms with Gasteiger partial charge in [0.25, 0.3) is 0 Å². The normalized spacial score (nSPS) is 23.9. The molecule has 2 aliphatic rings. The largest absolute Gasteiger partial charge is 0.339 e. The topological polar surface area (TPSA) is 62.5 Å². The first-order valence-corrected chi connectivity index (χ1v) is 10.0. The van der Waals surface area contributed by atoms with Crippen molar-refractivity contribution in [2.24, 2.45) is 5.41 Å². The molecule has 2 fully saturated rings. The molecule has 144 valence electrons. The number of rotatable bonds is 5. The molecule has 0 N–H and O–H groups in total. The summed E-state index contributed by atoms with van der Waals surface area (Å²) in [7, 11) is 0. The highest BCUT2D eigenvalue weighted by Gasteiger charge is 2.41. The summed E-state index contributed by atoms with van der Waals surface area (Å²) in [5, 5.41) is 4.11. The molecule has 1 aromatic carbocycles. The average Bonchev–Trinajstić information content (AvgIpc) is 3.14. The van der Waals surface area contributed by atoms with Gasteiger partial charge in [-0.2, -0.15) is 4.98 Å². The monoisotopic (exact) mass is 368 g/mol. The van der Waals surface area contributed by atoms with E-state index in [-0.39, 0.29) is 11.3 Å². The fourth-order valence-electron chi connectivity index (χ4n) is 4.53.